The average molecular weight is 462 g/mol. The Labute approximate surface area is 195 Å². The maximum absolute atomic E-state index is 13.4. The number of ether oxygens (including phenoxy) is 2. The van der Waals surface area contributed by atoms with E-state index in [-0.39, 0.29) is 12.5 Å². The van der Waals surface area contributed by atoms with Crippen LogP contribution in [0.25, 0.3) is 22.2 Å². The fourth-order valence-corrected chi connectivity index (χ4v) is 4.48. The Morgan fingerprint density at radius 1 is 1.03 bits per heavy atom. The number of rotatable bonds is 6. The number of nitrogens with one attached hydrogen (secondary N) is 1. The van der Waals surface area contributed by atoms with E-state index in [0.717, 1.165) is 33.6 Å². The molecule has 0 fully saturated rings. The molecule has 0 aliphatic carbocycles. The maximum Gasteiger partial charge on any atom is 0.350 e. The summed E-state index contributed by atoms with van der Waals surface area (Å²) in [5.41, 5.74) is 4.07. The van der Waals surface area contributed by atoms with E-state index >= 15 is 0 Å². The molecule has 0 saturated heterocycles. The van der Waals surface area contributed by atoms with E-state index in [1.54, 1.807) is 21.0 Å². The van der Waals surface area contributed by atoms with Crippen LogP contribution in [0.4, 0.5) is 5.13 Å². The van der Waals surface area contributed by atoms with Gasteiger partial charge in [0.05, 0.1) is 36.2 Å². The Kier molecular flexibility index (Phi) is 6.37. The predicted molar refractivity (Wildman–Crippen MR) is 129 cm³/mol. The third-order valence-electron chi connectivity index (χ3n) is 5.20. The zero-order chi connectivity index (χ0) is 23.5. The molecule has 8 heteroatoms. The molecule has 0 atom stereocenters. The summed E-state index contributed by atoms with van der Waals surface area (Å²) in [7, 11) is 1.62. The van der Waals surface area contributed by atoms with Crippen molar-refractivity contribution in [2.45, 2.75) is 20.8 Å². The number of aromatic nitrogens is 2. The van der Waals surface area contributed by atoms with Gasteiger partial charge >= 0.3 is 5.97 Å². The summed E-state index contributed by atoms with van der Waals surface area (Å²) in [6.07, 6.45) is 0. The topological polar surface area (TPSA) is 90.4 Å². The number of benzene rings is 2. The maximum atomic E-state index is 13.4. The van der Waals surface area contributed by atoms with Crippen molar-refractivity contribution in [3.63, 3.8) is 0 Å². The summed E-state index contributed by atoms with van der Waals surface area (Å²) in [5.74, 6) is -0.0166. The first-order valence-electron chi connectivity index (χ1n) is 10.4. The number of thiazole rings is 1. The van der Waals surface area contributed by atoms with E-state index in [2.05, 4.69) is 10.3 Å². The number of nitrogens with zero attached hydrogens (tertiary/aromatic N) is 2. The summed E-state index contributed by atoms with van der Waals surface area (Å²) in [4.78, 5) is 35.1. The number of anilines is 1. The van der Waals surface area contributed by atoms with Crippen LogP contribution < -0.4 is 10.1 Å². The van der Waals surface area contributed by atoms with Crippen molar-refractivity contribution in [1.82, 2.24) is 9.97 Å². The van der Waals surface area contributed by atoms with E-state index in [0.29, 0.717) is 32.5 Å². The monoisotopic (exact) mass is 461 g/mol. The number of fused-ring (bicyclic) bond motifs is 1. The van der Waals surface area contributed by atoms with Crippen LogP contribution in [0.2, 0.25) is 0 Å². The van der Waals surface area contributed by atoms with Crippen LogP contribution >= 0.6 is 11.3 Å². The number of aryl methyl sites for hydroxylation is 1. The fourth-order valence-electron chi connectivity index (χ4n) is 3.63. The summed E-state index contributed by atoms with van der Waals surface area (Å²) in [6.45, 7) is 5.61. The molecule has 2 aromatic carbocycles. The third-order valence-corrected chi connectivity index (χ3v) is 6.26. The number of carbonyl (C=O) groups excluding carboxylic acids is 2. The number of methoxy groups -OCH3 is 1. The van der Waals surface area contributed by atoms with E-state index < -0.39 is 5.97 Å². The standard InChI is InChI=1S/C25H23N3O4S/c1-5-32-24(30)22-15(3)26-25(33-22)28-23(29)20-14(2)21(16-10-12-17(31-4)13-11-16)27-19-9-7-6-8-18(19)20/h6-13H,5H2,1-4H3,(H,26,28,29). The molecule has 4 aromatic rings. The number of hydrogen-bond donors (Lipinski definition) is 1. The summed E-state index contributed by atoms with van der Waals surface area (Å²) < 4.78 is 10.3. The van der Waals surface area contributed by atoms with Gasteiger partial charge in [0, 0.05) is 10.9 Å². The minimum absolute atomic E-state index is 0.272. The smallest absolute Gasteiger partial charge is 0.350 e. The van der Waals surface area contributed by atoms with Gasteiger partial charge in [-0.3, -0.25) is 10.1 Å². The summed E-state index contributed by atoms with van der Waals surface area (Å²) in [6, 6.07) is 15.1. The van der Waals surface area contributed by atoms with Gasteiger partial charge in [0.2, 0.25) is 0 Å². The van der Waals surface area contributed by atoms with Crippen LogP contribution in [-0.2, 0) is 4.74 Å². The molecule has 0 aliphatic heterocycles. The molecule has 1 N–H and O–H groups in total. The minimum Gasteiger partial charge on any atom is -0.497 e. The average Bonchev–Trinajstić information content (AvgIpc) is 3.18. The normalized spacial score (nSPS) is 10.8. The number of carbonyl (C=O) groups is 2. The second-order valence-corrected chi connectivity index (χ2v) is 8.31. The molecule has 0 spiro atoms. The van der Waals surface area contributed by atoms with Gasteiger partial charge in [0.25, 0.3) is 5.91 Å². The van der Waals surface area contributed by atoms with Gasteiger partial charge in [-0.05, 0) is 56.7 Å². The molecule has 1 amide bonds. The van der Waals surface area contributed by atoms with Crippen LogP contribution in [0.5, 0.6) is 5.75 Å². The Hall–Kier alpha value is -3.78. The molecular formula is C25H23N3O4S. The van der Waals surface area contributed by atoms with Crippen LogP contribution in [0.1, 0.15) is 38.2 Å². The molecule has 33 heavy (non-hydrogen) atoms. The Bertz CT molecular complexity index is 1350. The van der Waals surface area contributed by atoms with Crippen molar-refractivity contribution in [3.8, 4) is 17.0 Å². The van der Waals surface area contributed by atoms with E-state index in [1.165, 1.54) is 0 Å². The fraction of sp³-hybridized carbons (Fsp3) is 0.200. The zero-order valence-corrected chi connectivity index (χ0v) is 19.6. The zero-order valence-electron chi connectivity index (χ0n) is 18.8. The van der Waals surface area contributed by atoms with Crippen molar-refractivity contribution < 1.29 is 19.1 Å². The number of amides is 1. The van der Waals surface area contributed by atoms with E-state index in [1.807, 2.05) is 55.5 Å². The molecule has 0 saturated carbocycles. The summed E-state index contributed by atoms with van der Waals surface area (Å²) in [5, 5.41) is 3.94. The lowest BCUT2D eigenvalue weighted by Crippen LogP contribution is -2.15. The van der Waals surface area contributed by atoms with Crippen molar-refractivity contribution in [2.75, 3.05) is 19.0 Å². The first-order chi connectivity index (χ1) is 15.9. The van der Waals surface area contributed by atoms with Crippen LogP contribution in [-0.4, -0.2) is 35.6 Å². The lowest BCUT2D eigenvalue weighted by Gasteiger charge is -2.14. The van der Waals surface area contributed by atoms with Gasteiger partial charge in [-0.15, -0.1) is 0 Å². The van der Waals surface area contributed by atoms with Gasteiger partial charge in [-0.2, -0.15) is 0 Å². The van der Waals surface area contributed by atoms with E-state index in [9.17, 15) is 9.59 Å². The van der Waals surface area contributed by atoms with Crippen LogP contribution in [0, 0.1) is 13.8 Å². The van der Waals surface area contributed by atoms with Crippen molar-refractivity contribution in [2.24, 2.45) is 0 Å². The van der Waals surface area contributed by atoms with Gasteiger partial charge < -0.3 is 9.47 Å². The molecular weight excluding hydrogens is 438 g/mol. The van der Waals surface area contributed by atoms with Crippen LogP contribution in [0.15, 0.2) is 48.5 Å². The summed E-state index contributed by atoms with van der Waals surface area (Å²) >= 11 is 1.10. The van der Waals surface area contributed by atoms with Crippen LogP contribution in [0.3, 0.4) is 0 Å². The number of pyridine rings is 1. The highest BCUT2D eigenvalue weighted by atomic mass is 32.1. The number of hydrogen-bond acceptors (Lipinski definition) is 7. The number of esters is 1. The lowest BCUT2D eigenvalue weighted by atomic mass is 9.97. The molecule has 0 unspecified atom stereocenters. The van der Waals surface area contributed by atoms with Gasteiger partial charge in [-0.25, -0.2) is 14.8 Å². The Morgan fingerprint density at radius 3 is 2.45 bits per heavy atom. The second kappa shape index (κ2) is 9.38. The first kappa shape index (κ1) is 22.4. The quantitative estimate of drug-likeness (QED) is 0.386. The molecule has 7 nitrogen and oxygen atoms in total. The molecule has 168 valence electrons. The lowest BCUT2D eigenvalue weighted by molar-refractivity contribution is 0.0531. The SMILES string of the molecule is CCOC(=O)c1sc(NC(=O)c2c(C)c(-c3ccc(OC)cc3)nc3ccccc23)nc1C. The highest BCUT2D eigenvalue weighted by molar-refractivity contribution is 7.17. The van der Waals surface area contributed by atoms with Gasteiger partial charge in [-0.1, -0.05) is 29.5 Å². The number of para-hydroxylation sites is 1. The second-order valence-electron chi connectivity index (χ2n) is 7.31. The third kappa shape index (κ3) is 4.42. The molecule has 0 aliphatic rings. The molecule has 0 bridgehead atoms. The Morgan fingerprint density at radius 2 is 1.76 bits per heavy atom. The minimum atomic E-state index is -0.444. The molecule has 4 rings (SSSR count). The van der Waals surface area contributed by atoms with Crippen molar-refractivity contribution in [1.29, 1.82) is 0 Å². The largest absolute Gasteiger partial charge is 0.497 e. The highest BCUT2D eigenvalue weighted by Crippen LogP contribution is 2.32. The van der Waals surface area contributed by atoms with Gasteiger partial charge in [0.1, 0.15) is 10.6 Å². The van der Waals surface area contributed by atoms with E-state index in [4.69, 9.17) is 14.5 Å². The molecule has 0 radical (unpaired) electrons. The predicted octanol–water partition coefficient (Wildman–Crippen LogP) is 5.41. The molecule has 2 heterocycles. The Balaban J connectivity index is 1.76. The van der Waals surface area contributed by atoms with Crippen molar-refractivity contribution in [3.05, 3.63) is 70.2 Å². The molecule has 2 aromatic heterocycles. The first-order valence-corrected chi connectivity index (χ1v) is 11.2. The highest BCUT2D eigenvalue weighted by Gasteiger charge is 2.22. The van der Waals surface area contributed by atoms with Crippen molar-refractivity contribution >= 4 is 39.2 Å². The van der Waals surface area contributed by atoms with Gasteiger partial charge in [0.15, 0.2) is 5.13 Å².